The van der Waals surface area contributed by atoms with E-state index in [1.165, 1.54) is 0 Å². The van der Waals surface area contributed by atoms with Crippen molar-refractivity contribution in [2.45, 2.75) is 44.1 Å². The summed E-state index contributed by atoms with van der Waals surface area (Å²) in [6.45, 7) is 6.06. The van der Waals surface area contributed by atoms with Gasteiger partial charge in [-0.1, -0.05) is 36.4 Å². The Morgan fingerprint density at radius 3 is 2.60 bits per heavy atom. The quantitative estimate of drug-likeness (QED) is 0.629. The second-order valence-electron chi connectivity index (χ2n) is 7.52. The molecule has 2 aromatic rings. The summed E-state index contributed by atoms with van der Waals surface area (Å²) in [6, 6.07) is 11.3. The van der Waals surface area contributed by atoms with Gasteiger partial charge in [0.1, 0.15) is 24.1 Å². The van der Waals surface area contributed by atoms with Gasteiger partial charge in [-0.25, -0.2) is 0 Å². The van der Waals surface area contributed by atoms with Gasteiger partial charge in [0.25, 0.3) is 0 Å². The summed E-state index contributed by atoms with van der Waals surface area (Å²) in [5.41, 5.74) is 3.54. The first-order valence-electron chi connectivity index (χ1n) is 9.91. The van der Waals surface area contributed by atoms with Gasteiger partial charge in [-0.2, -0.15) is 0 Å². The van der Waals surface area contributed by atoms with Crippen LogP contribution in [0.1, 0.15) is 29.2 Å². The highest BCUT2D eigenvalue weighted by Gasteiger charge is 2.56. The van der Waals surface area contributed by atoms with Gasteiger partial charge in [0, 0.05) is 10.6 Å². The molecule has 0 saturated carbocycles. The lowest BCUT2D eigenvalue weighted by molar-refractivity contribution is -0.332. The number of fused-ring (bicyclic) bond motifs is 2. The van der Waals surface area contributed by atoms with Crippen molar-refractivity contribution in [2.24, 2.45) is 0 Å². The van der Waals surface area contributed by atoms with Crippen molar-refractivity contribution < 1.29 is 29.5 Å². The van der Waals surface area contributed by atoms with E-state index in [1.807, 2.05) is 31.2 Å². The molecule has 0 aromatic heterocycles. The first kappa shape index (κ1) is 21.3. The molecular formula is C23H25ClO6. The lowest BCUT2D eigenvalue weighted by atomic mass is 9.85. The van der Waals surface area contributed by atoms with E-state index >= 15 is 0 Å². The Morgan fingerprint density at radius 2 is 1.93 bits per heavy atom. The zero-order valence-electron chi connectivity index (χ0n) is 16.7. The maximum absolute atomic E-state index is 10.8. The third kappa shape index (κ3) is 3.43. The smallest absolute Gasteiger partial charge is 0.226 e. The Morgan fingerprint density at radius 1 is 1.20 bits per heavy atom. The van der Waals surface area contributed by atoms with Gasteiger partial charge >= 0.3 is 0 Å². The normalized spacial score (nSPS) is 28.0. The molecule has 0 unspecified atom stereocenters. The molecule has 6 nitrogen and oxygen atoms in total. The highest BCUT2D eigenvalue weighted by Crippen LogP contribution is 2.48. The lowest BCUT2D eigenvalue weighted by Gasteiger charge is -2.45. The van der Waals surface area contributed by atoms with Crippen LogP contribution >= 0.6 is 11.6 Å². The molecule has 4 atom stereocenters. The number of aliphatic hydroxyl groups is 3. The minimum atomic E-state index is -1.58. The fraction of sp³-hybridized carbons (Fsp3) is 0.391. The molecule has 0 radical (unpaired) electrons. The van der Waals surface area contributed by atoms with Crippen LogP contribution in [-0.4, -0.2) is 46.8 Å². The van der Waals surface area contributed by atoms with Crippen LogP contribution in [0.4, 0.5) is 0 Å². The molecule has 7 heteroatoms. The number of aliphatic hydroxyl groups excluding tert-OH is 3. The molecule has 2 aliphatic rings. The standard InChI is InChI=1S/C23H25ClO6/c1-3-28-15-6-4-14(5-7-15)10-16-17-12-29-23(18(17)8-9-19(16)24)22(27)21(26)13(2)20(11-25)30-23/h4-9,20-22,25-27H,2-3,10-12H2,1H3/t20-,21+,22-,23+/m1/s1. The van der Waals surface area contributed by atoms with Gasteiger partial charge in [-0.3, -0.25) is 0 Å². The third-order valence-corrected chi connectivity index (χ3v) is 6.11. The monoisotopic (exact) mass is 432 g/mol. The first-order chi connectivity index (χ1) is 14.4. The number of ether oxygens (including phenoxy) is 3. The number of halogens is 1. The van der Waals surface area contributed by atoms with Crippen LogP contribution in [0.2, 0.25) is 5.02 Å². The topological polar surface area (TPSA) is 88.4 Å². The minimum Gasteiger partial charge on any atom is -0.494 e. The minimum absolute atomic E-state index is 0.163. The molecule has 2 aliphatic heterocycles. The average Bonchev–Trinajstić information content (AvgIpc) is 3.12. The number of hydrogen-bond acceptors (Lipinski definition) is 6. The van der Waals surface area contributed by atoms with Crippen LogP contribution in [0, 0.1) is 0 Å². The van der Waals surface area contributed by atoms with Crippen molar-refractivity contribution in [2.75, 3.05) is 13.2 Å². The van der Waals surface area contributed by atoms with Crippen LogP contribution in [-0.2, 0) is 28.3 Å². The summed E-state index contributed by atoms with van der Waals surface area (Å²) in [4.78, 5) is 0. The Bertz CT molecular complexity index is 939. The first-order valence-corrected chi connectivity index (χ1v) is 10.3. The molecule has 0 amide bonds. The van der Waals surface area contributed by atoms with Crippen LogP contribution in [0.25, 0.3) is 0 Å². The molecular weight excluding hydrogens is 408 g/mol. The van der Waals surface area contributed by atoms with Crippen LogP contribution < -0.4 is 4.74 Å². The molecule has 160 valence electrons. The van der Waals surface area contributed by atoms with Crippen LogP contribution in [0.15, 0.2) is 48.6 Å². The van der Waals surface area contributed by atoms with E-state index < -0.39 is 24.1 Å². The second-order valence-corrected chi connectivity index (χ2v) is 7.92. The van der Waals surface area contributed by atoms with Crippen molar-refractivity contribution in [1.29, 1.82) is 0 Å². The molecule has 2 aromatic carbocycles. The zero-order valence-corrected chi connectivity index (χ0v) is 17.4. The fourth-order valence-electron chi connectivity index (χ4n) is 4.13. The number of benzene rings is 2. The highest BCUT2D eigenvalue weighted by molar-refractivity contribution is 6.31. The van der Waals surface area contributed by atoms with E-state index in [0.29, 0.717) is 23.6 Å². The summed E-state index contributed by atoms with van der Waals surface area (Å²) in [5, 5.41) is 31.5. The van der Waals surface area contributed by atoms with Gasteiger partial charge in [-0.05, 0) is 53.8 Å². The SMILES string of the molecule is C=C1[C@@H](CO)O[C@]2(OCc3c2ccc(Cl)c3Cc2ccc(OCC)cc2)[C@H](O)[C@H]1O. The fourth-order valence-corrected chi connectivity index (χ4v) is 4.38. The van der Waals surface area contributed by atoms with Crippen molar-refractivity contribution in [3.8, 4) is 5.75 Å². The summed E-state index contributed by atoms with van der Waals surface area (Å²) in [7, 11) is 0. The average molecular weight is 433 g/mol. The van der Waals surface area contributed by atoms with Crippen molar-refractivity contribution >= 4 is 11.6 Å². The Balaban J connectivity index is 1.70. The molecule has 30 heavy (non-hydrogen) atoms. The van der Waals surface area contributed by atoms with Crippen molar-refractivity contribution in [3.05, 3.63) is 75.8 Å². The molecule has 0 bridgehead atoms. The summed E-state index contributed by atoms with van der Waals surface area (Å²) < 4.78 is 17.4. The van der Waals surface area contributed by atoms with E-state index in [2.05, 4.69) is 6.58 Å². The largest absolute Gasteiger partial charge is 0.494 e. The predicted molar refractivity (Wildman–Crippen MR) is 111 cm³/mol. The lowest BCUT2D eigenvalue weighted by Crippen LogP contribution is -2.57. The van der Waals surface area contributed by atoms with Gasteiger partial charge < -0.3 is 29.5 Å². The Kier molecular flexibility index (Phi) is 5.90. The third-order valence-electron chi connectivity index (χ3n) is 5.76. The zero-order chi connectivity index (χ0) is 21.5. The Labute approximate surface area is 180 Å². The van der Waals surface area contributed by atoms with Gasteiger partial charge in [0.05, 0.1) is 19.8 Å². The van der Waals surface area contributed by atoms with E-state index in [0.717, 1.165) is 22.4 Å². The van der Waals surface area contributed by atoms with Crippen LogP contribution in [0.3, 0.4) is 0 Å². The van der Waals surface area contributed by atoms with Gasteiger partial charge in [0.15, 0.2) is 0 Å². The molecule has 1 fully saturated rings. The number of hydrogen-bond donors (Lipinski definition) is 3. The summed E-state index contributed by atoms with van der Waals surface area (Å²) >= 11 is 6.52. The molecule has 1 spiro atoms. The second kappa shape index (κ2) is 8.30. The van der Waals surface area contributed by atoms with E-state index in [-0.39, 0.29) is 18.8 Å². The van der Waals surface area contributed by atoms with Gasteiger partial charge in [0.2, 0.25) is 5.79 Å². The molecule has 4 rings (SSSR count). The van der Waals surface area contributed by atoms with E-state index in [9.17, 15) is 15.3 Å². The summed E-state index contributed by atoms with van der Waals surface area (Å²) in [5.74, 6) is -0.780. The highest BCUT2D eigenvalue weighted by atomic mass is 35.5. The maximum atomic E-state index is 10.8. The van der Waals surface area contributed by atoms with Crippen molar-refractivity contribution in [3.63, 3.8) is 0 Å². The molecule has 0 aliphatic carbocycles. The number of rotatable bonds is 5. The van der Waals surface area contributed by atoms with Gasteiger partial charge in [-0.15, -0.1) is 0 Å². The van der Waals surface area contributed by atoms with E-state index in [1.54, 1.807) is 12.1 Å². The van der Waals surface area contributed by atoms with E-state index in [4.69, 9.17) is 25.8 Å². The summed E-state index contributed by atoms with van der Waals surface area (Å²) in [6.07, 6.45) is -2.96. The Hall–Kier alpha value is -1.93. The molecule has 3 N–H and O–H groups in total. The predicted octanol–water partition coefficient (Wildman–Crippen LogP) is 2.68. The molecule has 2 heterocycles. The van der Waals surface area contributed by atoms with Crippen molar-refractivity contribution in [1.82, 2.24) is 0 Å². The maximum Gasteiger partial charge on any atom is 0.226 e. The molecule has 1 saturated heterocycles. The van der Waals surface area contributed by atoms with Crippen LogP contribution in [0.5, 0.6) is 5.75 Å².